The van der Waals surface area contributed by atoms with E-state index in [0.717, 1.165) is 24.4 Å². The van der Waals surface area contributed by atoms with Crippen molar-refractivity contribution in [3.8, 4) is 11.5 Å². The van der Waals surface area contributed by atoms with Gasteiger partial charge in [0.15, 0.2) is 6.23 Å². The fourth-order valence-corrected chi connectivity index (χ4v) is 3.21. The van der Waals surface area contributed by atoms with Crippen molar-refractivity contribution in [3.63, 3.8) is 0 Å². The Morgan fingerprint density at radius 3 is 2.67 bits per heavy atom. The number of hydrogen-bond acceptors (Lipinski definition) is 3. The van der Waals surface area contributed by atoms with Gasteiger partial charge in [-0.25, -0.2) is 0 Å². The van der Waals surface area contributed by atoms with Crippen molar-refractivity contribution in [2.75, 3.05) is 13.1 Å². The molecule has 2 aliphatic rings. The largest absolute Gasteiger partial charge is 0.508 e. The Hall–Kier alpha value is -1.22. The van der Waals surface area contributed by atoms with Crippen LogP contribution in [0, 0.1) is 0 Å². The number of benzene rings is 1. The summed E-state index contributed by atoms with van der Waals surface area (Å²) in [6, 6.07) is 5.43. The average molecular weight is 247 g/mol. The molecule has 2 heterocycles. The van der Waals surface area contributed by atoms with Crippen molar-refractivity contribution in [1.82, 2.24) is 4.90 Å². The summed E-state index contributed by atoms with van der Waals surface area (Å²) in [7, 11) is 0. The van der Waals surface area contributed by atoms with Crippen LogP contribution in [0.5, 0.6) is 11.5 Å². The molecule has 1 aromatic rings. The van der Waals surface area contributed by atoms with Gasteiger partial charge in [-0.2, -0.15) is 0 Å². The lowest BCUT2D eigenvalue weighted by Gasteiger charge is -2.38. The molecule has 1 N–H and O–H groups in total. The van der Waals surface area contributed by atoms with Gasteiger partial charge in [0.25, 0.3) is 0 Å². The summed E-state index contributed by atoms with van der Waals surface area (Å²) in [4.78, 5) is 2.44. The summed E-state index contributed by atoms with van der Waals surface area (Å²) >= 11 is 0. The van der Waals surface area contributed by atoms with Crippen LogP contribution in [0.4, 0.5) is 0 Å². The maximum atomic E-state index is 9.66. The number of piperidine rings is 1. The summed E-state index contributed by atoms with van der Waals surface area (Å²) in [5.41, 5.74) is 1.06. The van der Waals surface area contributed by atoms with E-state index in [1.54, 1.807) is 6.07 Å². The predicted octanol–water partition coefficient (Wildman–Crippen LogP) is 2.87. The SMILES string of the molecule is CC1(C)c2cc(O)ccc2OC1N1CCCCC1. The topological polar surface area (TPSA) is 32.7 Å². The van der Waals surface area contributed by atoms with Crippen LogP contribution in [-0.4, -0.2) is 29.3 Å². The zero-order valence-corrected chi connectivity index (χ0v) is 11.1. The highest BCUT2D eigenvalue weighted by Crippen LogP contribution is 2.45. The summed E-state index contributed by atoms with van der Waals surface area (Å²) in [6.07, 6.45) is 3.96. The van der Waals surface area contributed by atoms with Crippen LogP contribution in [0.3, 0.4) is 0 Å². The molecule has 0 radical (unpaired) electrons. The molecule has 1 unspecified atom stereocenters. The van der Waals surface area contributed by atoms with Gasteiger partial charge in [0.05, 0.1) is 0 Å². The third-order valence-corrected chi connectivity index (χ3v) is 4.24. The van der Waals surface area contributed by atoms with Crippen molar-refractivity contribution >= 4 is 0 Å². The molecule has 1 fully saturated rings. The molecule has 0 amide bonds. The second kappa shape index (κ2) is 4.16. The molecule has 0 aliphatic carbocycles. The van der Waals surface area contributed by atoms with Gasteiger partial charge >= 0.3 is 0 Å². The van der Waals surface area contributed by atoms with Crippen LogP contribution in [0.1, 0.15) is 38.7 Å². The summed E-state index contributed by atoms with van der Waals surface area (Å²) < 4.78 is 6.13. The lowest BCUT2D eigenvalue weighted by Crippen LogP contribution is -2.49. The van der Waals surface area contributed by atoms with E-state index >= 15 is 0 Å². The molecule has 0 saturated carbocycles. The molecular formula is C15H21NO2. The minimum Gasteiger partial charge on any atom is -0.508 e. The van der Waals surface area contributed by atoms with E-state index in [1.165, 1.54) is 19.3 Å². The lowest BCUT2D eigenvalue weighted by molar-refractivity contribution is -0.0131. The van der Waals surface area contributed by atoms with E-state index in [-0.39, 0.29) is 11.6 Å². The van der Waals surface area contributed by atoms with Crippen LogP contribution in [-0.2, 0) is 5.41 Å². The van der Waals surface area contributed by atoms with Crippen LogP contribution in [0.2, 0.25) is 0 Å². The molecule has 2 aliphatic heterocycles. The second-order valence-corrected chi connectivity index (χ2v) is 5.97. The van der Waals surface area contributed by atoms with Crippen molar-refractivity contribution in [2.24, 2.45) is 0 Å². The van der Waals surface area contributed by atoms with Crippen molar-refractivity contribution in [3.05, 3.63) is 23.8 Å². The molecule has 3 nitrogen and oxygen atoms in total. The highest BCUT2D eigenvalue weighted by Gasteiger charge is 2.45. The van der Waals surface area contributed by atoms with Crippen LogP contribution < -0.4 is 4.74 Å². The number of fused-ring (bicyclic) bond motifs is 1. The standard InChI is InChI=1S/C15H21NO2/c1-15(2)12-10-11(17)6-7-13(12)18-14(15)16-8-4-3-5-9-16/h6-7,10,14,17H,3-5,8-9H2,1-2H3. The van der Waals surface area contributed by atoms with Crippen LogP contribution in [0.25, 0.3) is 0 Å². The number of phenols is 1. The normalized spacial score (nSPS) is 26.7. The van der Waals surface area contributed by atoms with Gasteiger partial charge in [-0.05, 0) is 31.0 Å². The van der Waals surface area contributed by atoms with Gasteiger partial charge in [-0.1, -0.05) is 20.3 Å². The number of rotatable bonds is 1. The Morgan fingerprint density at radius 1 is 1.22 bits per heavy atom. The number of phenolic OH excluding ortho intramolecular Hbond substituents is 1. The van der Waals surface area contributed by atoms with E-state index in [1.807, 2.05) is 12.1 Å². The summed E-state index contributed by atoms with van der Waals surface area (Å²) in [5.74, 6) is 1.25. The van der Waals surface area contributed by atoms with Crippen molar-refractivity contribution < 1.29 is 9.84 Å². The first-order valence-electron chi connectivity index (χ1n) is 6.83. The van der Waals surface area contributed by atoms with Crippen LogP contribution >= 0.6 is 0 Å². The average Bonchev–Trinajstić information content (AvgIpc) is 2.63. The molecule has 1 saturated heterocycles. The monoisotopic (exact) mass is 247 g/mol. The van der Waals surface area contributed by atoms with E-state index in [4.69, 9.17) is 4.74 Å². The number of likely N-dealkylation sites (tertiary alicyclic amines) is 1. The molecule has 1 atom stereocenters. The first-order chi connectivity index (χ1) is 8.59. The molecule has 3 rings (SSSR count). The minimum absolute atomic E-state index is 0.0641. The molecule has 3 heteroatoms. The van der Waals surface area contributed by atoms with Gasteiger partial charge < -0.3 is 9.84 Å². The van der Waals surface area contributed by atoms with Gasteiger partial charge in [-0.3, -0.25) is 4.90 Å². The molecule has 0 bridgehead atoms. The zero-order valence-electron chi connectivity index (χ0n) is 11.1. The quantitative estimate of drug-likeness (QED) is 0.828. The highest BCUT2D eigenvalue weighted by atomic mass is 16.5. The van der Waals surface area contributed by atoms with E-state index in [0.29, 0.717) is 5.75 Å². The van der Waals surface area contributed by atoms with Crippen molar-refractivity contribution in [1.29, 1.82) is 0 Å². The Kier molecular flexibility index (Phi) is 2.74. The molecular weight excluding hydrogens is 226 g/mol. The van der Waals surface area contributed by atoms with Crippen LogP contribution in [0.15, 0.2) is 18.2 Å². The fourth-order valence-electron chi connectivity index (χ4n) is 3.21. The highest BCUT2D eigenvalue weighted by molar-refractivity contribution is 5.47. The molecule has 0 spiro atoms. The third-order valence-electron chi connectivity index (χ3n) is 4.24. The first kappa shape index (κ1) is 11.8. The van der Waals surface area contributed by atoms with Gasteiger partial charge in [0.2, 0.25) is 0 Å². The third kappa shape index (κ3) is 1.77. The lowest BCUT2D eigenvalue weighted by atomic mass is 9.83. The molecule has 0 aromatic heterocycles. The smallest absolute Gasteiger partial charge is 0.162 e. The number of ether oxygens (including phenoxy) is 1. The molecule has 98 valence electrons. The zero-order chi connectivity index (χ0) is 12.8. The van der Waals surface area contributed by atoms with Gasteiger partial charge in [-0.15, -0.1) is 0 Å². The number of nitrogens with zero attached hydrogens (tertiary/aromatic N) is 1. The first-order valence-corrected chi connectivity index (χ1v) is 6.83. The second-order valence-electron chi connectivity index (χ2n) is 5.97. The Morgan fingerprint density at radius 2 is 1.94 bits per heavy atom. The fraction of sp³-hybridized carbons (Fsp3) is 0.600. The van der Waals surface area contributed by atoms with E-state index < -0.39 is 0 Å². The Labute approximate surface area is 108 Å². The molecule has 1 aromatic carbocycles. The van der Waals surface area contributed by atoms with Crippen molar-refractivity contribution in [2.45, 2.75) is 44.8 Å². The predicted molar refractivity (Wildman–Crippen MR) is 71.0 cm³/mol. The Bertz CT molecular complexity index is 450. The summed E-state index contributed by atoms with van der Waals surface area (Å²) in [5, 5.41) is 9.66. The number of hydrogen-bond donors (Lipinski definition) is 1. The minimum atomic E-state index is -0.0641. The summed E-state index contributed by atoms with van der Waals surface area (Å²) in [6.45, 7) is 6.65. The van der Waals surface area contributed by atoms with E-state index in [2.05, 4.69) is 18.7 Å². The maximum Gasteiger partial charge on any atom is 0.162 e. The maximum absolute atomic E-state index is 9.66. The molecule has 18 heavy (non-hydrogen) atoms. The number of aromatic hydroxyl groups is 1. The Balaban J connectivity index is 1.92. The van der Waals surface area contributed by atoms with E-state index in [9.17, 15) is 5.11 Å². The van der Waals surface area contributed by atoms with Gasteiger partial charge in [0.1, 0.15) is 11.5 Å². The van der Waals surface area contributed by atoms with Gasteiger partial charge in [0, 0.05) is 24.1 Å².